The van der Waals surface area contributed by atoms with Gasteiger partial charge in [-0.05, 0) is 20.0 Å². The average Bonchev–Trinajstić information content (AvgIpc) is 2.63. The Balaban J connectivity index is 2.52. The molecule has 0 aliphatic rings. The van der Waals surface area contributed by atoms with Crippen LogP contribution in [-0.4, -0.2) is 52.7 Å². The molecule has 0 saturated heterocycles. The van der Waals surface area contributed by atoms with E-state index in [2.05, 4.69) is 39.2 Å². The van der Waals surface area contributed by atoms with E-state index in [0.717, 1.165) is 0 Å². The Morgan fingerprint density at radius 3 is 2.59 bits per heavy atom. The molecular weight excluding hydrogens is 220 g/mol. The van der Waals surface area contributed by atoms with E-state index in [1.54, 1.807) is 0 Å². The van der Waals surface area contributed by atoms with Gasteiger partial charge < -0.3 is 16.0 Å². The van der Waals surface area contributed by atoms with Crippen molar-refractivity contribution in [3.63, 3.8) is 0 Å². The molecule has 1 aromatic rings. The summed E-state index contributed by atoms with van der Waals surface area (Å²) in [5.74, 6) is 0.374. The predicted octanol–water partition coefficient (Wildman–Crippen LogP) is -0.297. The second-order valence-corrected chi connectivity index (χ2v) is 4.53. The second-order valence-electron chi connectivity index (χ2n) is 4.53. The quantitative estimate of drug-likeness (QED) is 0.656. The summed E-state index contributed by atoms with van der Waals surface area (Å²) in [5, 5.41) is 8.89. The zero-order valence-electron chi connectivity index (χ0n) is 10.7. The third-order valence-corrected chi connectivity index (χ3v) is 2.62. The molecule has 1 atom stereocenters. The van der Waals surface area contributed by atoms with Gasteiger partial charge in [-0.1, -0.05) is 13.8 Å². The summed E-state index contributed by atoms with van der Waals surface area (Å²) >= 11 is 0. The van der Waals surface area contributed by atoms with Gasteiger partial charge in [-0.2, -0.15) is 4.98 Å². The summed E-state index contributed by atoms with van der Waals surface area (Å²) in [6.45, 7) is 4.79. The average molecular weight is 240 g/mol. The van der Waals surface area contributed by atoms with Crippen molar-refractivity contribution in [1.29, 1.82) is 0 Å². The number of nitrogens with two attached hydrogens (primary N) is 1. The molecule has 0 aromatic carbocycles. The zero-order valence-corrected chi connectivity index (χ0v) is 10.7. The number of carbonyl (C=O) groups is 1. The molecule has 0 aliphatic carbocycles. The van der Waals surface area contributed by atoms with E-state index < -0.39 is 0 Å². The lowest BCUT2D eigenvalue weighted by atomic mass is 10.0. The molecule has 1 rings (SSSR count). The van der Waals surface area contributed by atoms with Crippen molar-refractivity contribution in [3.8, 4) is 0 Å². The molecule has 96 valence electrons. The minimum atomic E-state index is -0.290. The third kappa shape index (κ3) is 3.70. The SMILES string of the molecule is CC(C)C(CNC(=O)c1nc(N)n[nH]1)N(C)C. The van der Waals surface area contributed by atoms with Crippen LogP contribution in [0.3, 0.4) is 0 Å². The molecule has 17 heavy (non-hydrogen) atoms. The van der Waals surface area contributed by atoms with Crippen LogP contribution in [0.25, 0.3) is 0 Å². The highest BCUT2D eigenvalue weighted by Gasteiger charge is 2.18. The van der Waals surface area contributed by atoms with Crippen LogP contribution in [0.4, 0.5) is 5.95 Å². The third-order valence-electron chi connectivity index (χ3n) is 2.62. The number of hydrogen-bond acceptors (Lipinski definition) is 5. The van der Waals surface area contributed by atoms with Crippen molar-refractivity contribution in [1.82, 2.24) is 25.4 Å². The van der Waals surface area contributed by atoms with E-state index in [9.17, 15) is 4.79 Å². The Labute approximate surface area is 101 Å². The lowest BCUT2D eigenvalue weighted by Gasteiger charge is -2.27. The first-order chi connectivity index (χ1) is 7.91. The van der Waals surface area contributed by atoms with Crippen molar-refractivity contribution in [3.05, 3.63) is 5.82 Å². The fraction of sp³-hybridized carbons (Fsp3) is 0.700. The van der Waals surface area contributed by atoms with Gasteiger partial charge in [0.1, 0.15) is 0 Å². The lowest BCUT2D eigenvalue weighted by molar-refractivity contribution is 0.0924. The van der Waals surface area contributed by atoms with Crippen LogP contribution in [0.15, 0.2) is 0 Å². The molecule has 0 spiro atoms. The number of H-pyrrole nitrogens is 1. The Hall–Kier alpha value is -1.63. The summed E-state index contributed by atoms with van der Waals surface area (Å²) in [7, 11) is 3.98. The highest BCUT2D eigenvalue weighted by molar-refractivity contribution is 5.90. The number of likely N-dealkylation sites (N-methyl/N-ethyl adjacent to an activating group) is 1. The number of anilines is 1. The molecule has 1 amide bonds. The standard InChI is InChI=1S/C10H20N6O/c1-6(2)7(16(3)4)5-12-9(17)8-13-10(11)15-14-8/h6-7H,5H2,1-4H3,(H,12,17)(H3,11,13,14,15). The topological polar surface area (TPSA) is 99.9 Å². The molecule has 4 N–H and O–H groups in total. The van der Waals surface area contributed by atoms with Gasteiger partial charge in [0.2, 0.25) is 11.8 Å². The highest BCUT2D eigenvalue weighted by atomic mass is 16.2. The molecule has 0 saturated carbocycles. The van der Waals surface area contributed by atoms with Crippen LogP contribution in [0, 0.1) is 5.92 Å². The van der Waals surface area contributed by atoms with E-state index in [1.165, 1.54) is 0 Å². The molecule has 1 unspecified atom stereocenters. The van der Waals surface area contributed by atoms with Crippen LogP contribution >= 0.6 is 0 Å². The number of nitrogen functional groups attached to an aromatic ring is 1. The second kappa shape index (κ2) is 5.62. The fourth-order valence-electron chi connectivity index (χ4n) is 1.67. The number of amides is 1. The minimum absolute atomic E-state index is 0.0724. The number of aromatic nitrogens is 3. The monoisotopic (exact) mass is 240 g/mol. The first-order valence-electron chi connectivity index (χ1n) is 5.54. The van der Waals surface area contributed by atoms with Crippen LogP contribution in [-0.2, 0) is 0 Å². The highest BCUT2D eigenvalue weighted by Crippen LogP contribution is 2.06. The Kier molecular flexibility index (Phi) is 4.45. The molecule has 1 heterocycles. The number of nitrogens with one attached hydrogen (secondary N) is 2. The molecule has 0 radical (unpaired) electrons. The molecule has 7 heteroatoms. The predicted molar refractivity (Wildman–Crippen MR) is 65.4 cm³/mol. The number of rotatable bonds is 5. The van der Waals surface area contributed by atoms with Gasteiger partial charge in [-0.3, -0.25) is 9.89 Å². The maximum Gasteiger partial charge on any atom is 0.288 e. The van der Waals surface area contributed by atoms with E-state index in [-0.39, 0.29) is 23.7 Å². The van der Waals surface area contributed by atoms with Crippen molar-refractivity contribution in [2.24, 2.45) is 5.92 Å². The number of carbonyl (C=O) groups excluding carboxylic acids is 1. The van der Waals surface area contributed by atoms with Crippen LogP contribution in [0.5, 0.6) is 0 Å². The fourth-order valence-corrected chi connectivity index (χ4v) is 1.67. The van der Waals surface area contributed by atoms with Gasteiger partial charge >= 0.3 is 0 Å². The van der Waals surface area contributed by atoms with Gasteiger partial charge in [-0.15, -0.1) is 5.10 Å². The van der Waals surface area contributed by atoms with Crippen molar-refractivity contribution in [2.45, 2.75) is 19.9 Å². The maximum absolute atomic E-state index is 11.7. The van der Waals surface area contributed by atoms with E-state index >= 15 is 0 Å². The molecule has 7 nitrogen and oxygen atoms in total. The van der Waals surface area contributed by atoms with Crippen LogP contribution < -0.4 is 11.1 Å². The first-order valence-corrected chi connectivity index (χ1v) is 5.54. The summed E-state index contributed by atoms with van der Waals surface area (Å²) in [4.78, 5) is 17.5. The smallest absolute Gasteiger partial charge is 0.288 e. The largest absolute Gasteiger partial charge is 0.366 e. The van der Waals surface area contributed by atoms with Crippen molar-refractivity contribution < 1.29 is 4.79 Å². The molecule has 1 aromatic heterocycles. The number of aromatic amines is 1. The summed E-state index contributed by atoms with van der Waals surface area (Å²) in [5.41, 5.74) is 5.33. The van der Waals surface area contributed by atoms with Crippen LogP contribution in [0.1, 0.15) is 24.5 Å². The van der Waals surface area contributed by atoms with Gasteiger partial charge in [0.25, 0.3) is 5.91 Å². The van der Waals surface area contributed by atoms with Crippen molar-refractivity contribution >= 4 is 11.9 Å². The van der Waals surface area contributed by atoms with Gasteiger partial charge in [0, 0.05) is 12.6 Å². The van der Waals surface area contributed by atoms with Crippen LogP contribution in [0.2, 0.25) is 0 Å². The Morgan fingerprint density at radius 1 is 1.53 bits per heavy atom. The summed E-state index contributed by atoms with van der Waals surface area (Å²) < 4.78 is 0. The summed E-state index contributed by atoms with van der Waals surface area (Å²) in [6, 6.07) is 0.277. The normalized spacial score (nSPS) is 13.1. The maximum atomic E-state index is 11.7. The summed E-state index contributed by atoms with van der Waals surface area (Å²) in [6.07, 6.45) is 0. The van der Waals surface area contributed by atoms with Gasteiger partial charge in [0.05, 0.1) is 0 Å². The molecule has 0 aliphatic heterocycles. The number of hydrogen-bond donors (Lipinski definition) is 3. The van der Waals surface area contributed by atoms with E-state index in [0.29, 0.717) is 12.5 Å². The minimum Gasteiger partial charge on any atom is -0.366 e. The Morgan fingerprint density at radius 2 is 2.18 bits per heavy atom. The molecule has 0 fully saturated rings. The Bertz CT molecular complexity index is 365. The molecular formula is C10H20N6O. The van der Waals surface area contributed by atoms with Gasteiger partial charge in [-0.25, -0.2) is 0 Å². The molecule has 0 bridgehead atoms. The lowest BCUT2D eigenvalue weighted by Crippen LogP contribution is -2.43. The van der Waals surface area contributed by atoms with E-state index in [4.69, 9.17) is 5.73 Å². The first kappa shape index (κ1) is 13.4. The number of nitrogens with zero attached hydrogens (tertiary/aromatic N) is 3. The van der Waals surface area contributed by atoms with Crippen molar-refractivity contribution in [2.75, 3.05) is 26.4 Å². The van der Waals surface area contributed by atoms with Gasteiger partial charge in [0.15, 0.2) is 0 Å². The zero-order chi connectivity index (χ0) is 13.0. The van der Waals surface area contributed by atoms with E-state index in [1.807, 2.05) is 14.1 Å².